The minimum Gasteiger partial charge on any atom is -0.340 e. The van der Waals surface area contributed by atoms with Gasteiger partial charge in [-0.1, -0.05) is 24.3 Å². The van der Waals surface area contributed by atoms with Crippen LogP contribution >= 0.6 is 0 Å². The van der Waals surface area contributed by atoms with Gasteiger partial charge >= 0.3 is 0 Å². The van der Waals surface area contributed by atoms with Gasteiger partial charge in [-0.25, -0.2) is 4.98 Å². The van der Waals surface area contributed by atoms with Crippen LogP contribution in [0.15, 0.2) is 67.3 Å². The second-order valence-electron chi connectivity index (χ2n) is 7.24. The van der Waals surface area contributed by atoms with Gasteiger partial charge in [0, 0.05) is 49.8 Å². The number of hydrogen-bond acceptors (Lipinski definition) is 3. The van der Waals surface area contributed by atoms with E-state index in [9.17, 15) is 4.79 Å². The van der Waals surface area contributed by atoms with Crippen molar-refractivity contribution in [2.75, 3.05) is 20.6 Å². The van der Waals surface area contributed by atoms with E-state index in [1.54, 1.807) is 12.5 Å². The highest BCUT2D eigenvalue weighted by Crippen LogP contribution is 2.22. The van der Waals surface area contributed by atoms with Crippen LogP contribution in [0.4, 0.5) is 0 Å². The number of hydrogen-bond donors (Lipinski definition) is 0. The van der Waals surface area contributed by atoms with Crippen molar-refractivity contribution in [1.82, 2.24) is 19.4 Å². The summed E-state index contributed by atoms with van der Waals surface area (Å²) in [6.45, 7) is 1.65. The maximum absolute atomic E-state index is 12.9. The van der Waals surface area contributed by atoms with Crippen LogP contribution < -0.4 is 0 Å². The minimum absolute atomic E-state index is 0.0550. The Hall–Kier alpha value is -2.92. The van der Waals surface area contributed by atoms with Crippen LogP contribution in [0.2, 0.25) is 0 Å². The molecule has 27 heavy (non-hydrogen) atoms. The largest absolute Gasteiger partial charge is 0.340 e. The second-order valence-corrected chi connectivity index (χ2v) is 7.24. The first kappa shape index (κ1) is 17.5. The van der Waals surface area contributed by atoms with Crippen LogP contribution in [-0.4, -0.2) is 51.9 Å². The molecule has 0 fully saturated rings. The fourth-order valence-corrected chi connectivity index (χ4v) is 3.73. The molecular weight excluding hydrogens is 336 g/mol. The summed E-state index contributed by atoms with van der Waals surface area (Å²) in [5, 5.41) is 0. The summed E-state index contributed by atoms with van der Waals surface area (Å²) < 4.78 is 1.92. The zero-order valence-corrected chi connectivity index (χ0v) is 15.7. The SMILES string of the molecule is CN(CC1Cc2ccccc2CN1C)C(=O)c1ccc(-n2ccnc2)cc1. The van der Waals surface area contributed by atoms with E-state index >= 15 is 0 Å². The lowest BCUT2D eigenvalue weighted by Gasteiger charge is -2.36. The third-order valence-electron chi connectivity index (χ3n) is 5.37. The summed E-state index contributed by atoms with van der Waals surface area (Å²) in [4.78, 5) is 21.1. The number of fused-ring (bicyclic) bond motifs is 1. The Bertz CT molecular complexity index is 918. The molecule has 1 aliphatic rings. The normalized spacial score (nSPS) is 16.7. The molecule has 2 heterocycles. The summed E-state index contributed by atoms with van der Waals surface area (Å²) in [6.07, 6.45) is 6.36. The molecule has 1 atom stereocenters. The van der Waals surface area contributed by atoms with Crippen LogP contribution in [-0.2, 0) is 13.0 Å². The third kappa shape index (κ3) is 3.64. The second kappa shape index (κ2) is 7.37. The van der Waals surface area contributed by atoms with E-state index in [2.05, 4.69) is 41.2 Å². The number of rotatable bonds is 4. The Morgan fingerprint density at radius 1 is 1.15 bits per heavy atom. The van der Waals surface area contributed by atoms with Crippen LogP contribution in [0.25, 0.3) is 5.69 Å². The number of amides is 1. The van der Waals surface area contributed by atoms with E-state index in [0.29, 0.717) is 18.2 Å². The van der Waals surface area contributed by atoms with E-state index in [1.165, 1.54) is 11.1 Å². The van der Waals surface area contributed by atoms with Crippen molar-refractivity contribution in [3.8, 4) is 5.69 Å². The van der Waals surface area contributed by atoms with Crippen molar-refractivity contribution in [2.24, 2.45) is 0 Å². The first-order valence-electron chi connectivity index (χ1n) is 9.22. The summed E-state index contributed by atoms with van der Waals surface area (Å²) in [7, 11) is 4.03. The molecule has 0 bridgehead atoms. The zero-order chi connectivity index (χ0) is 18.8. The van der Waals surface area contributed by atoms with Gasteiger partial charge in [0.25, 0.3) is 5.91 Å². The van der Waals surface area contributed by atoms with Gasteiger partial charge in [-0.05, 0) is 48.9 Å². The maximum Gasteiger partial charge on any atom is 0.253 e. The van der Waals surface area contributed by atoms with Crippen molar-refractivity contribution >= 4 is 5.91 Å². The van der Waals surface area contributed by atoms with Gasteiger partial charge in [-0.2, -0.15) is 0 Å². The van der Waals surface area contributed by atoms with Crippen molar-refractivity contribution in [2.45, 2.75) is 19.0 Å². The Kier molecular flexibility index (Phi) is 4.77. The van der Waals surface area contributed by atoms with Crippen molar-refractivity contribution in [1.29, 1.82) is 0 Å². The number of carbonyl (C=O) groups excluding carboxylic acids is 1. The molecule has 1 aliphatic heterocycles. The number of nitrogens with zero attached hydrogens (tertiary/aromatic N) is 4. The standard InChI is InChI=1S/C22H24N4O/c1-24-14-19-6-4-3-5-18(19)13-21(24)15-25(2)22(27)17-7-9-20(10-8-17)26-12-11-23-16-26/h3-12,16,21H,13-15H2,1-2H3. The average Bonchev–Trinajstić information content (AvgIpc) is 3.23. The predicted octanol–water partition coefficient (Wildman–Crippen LogP) is 3.00. The zero-order valence-electron chi connectivity index (χ0n) is 15.7. The molecule has 0 aliphatic carbocycles. The van der Waals surface area contributed by atoms with E-state index < -0.39 is 0 Å². The topological polar surface area (TPSA) is 41.4 Å². The van der Waals surface area contributed by atoms with Crippen LogP contribution in [0.5, 0.6) is 0 Å². The van der Waals surface area contributed by atoms with Gasteiger partial charge in [0.2, 0.25) is 0 Å². The molecule has 0 saturated carbocycles. The number of imidazole rings is 1. The van der Waals surface area contributed by atoms with Crippen LogP contribution in [0.1, 0.15) is 21.5 Å². The summed E-state index contributed by atoms with van der Waals surface area (Å²) in [5.74, 6) is 0.0550. The maximum atomic E-state index is 12.9. The van der Waals surface area contributed by atoms with Gasteiger partial charge in [0.1, 0.15) is 0 Å². The van der Waals surface area contributed by atoms with E-state index in [4.69, 9.17) is 0 Å². The molecule has 0 saturated heterocycles. The quantitative estimate of drug-likeness (QED) is 0.718. The third-order valence-corrected chi connectivity index (χ3v) is 5.37. The van der Waals surface area contributed by atoms with Gasteiger partial charge in [0.15, 0.2) is 0 Å². The van der Waals surface area contributed by atoms with Gasteiger partial charge in [0.05, 0.1) is 6.33 Å². The molecule has 1 unspecified atom stereocenters. The molecule has 0 spiro atoms. The Morgan fingerprint density at radius 2 is 1.89 bits per heavy atom. The average molecular weight is 360 g/mol. The number of carbonyl (C=O) groups is 1. The smallest absolute Gasteiger partial charge is 0.253 e. The van der Waals surface area contributed by atoms with E-state index in [-0.39, 0.29) is 5.91 Å². The first-order valence-corrected chi connectivity index (χ1v) is 9.22. The molecule has 5 heteroatoms. The Labute approximate surface area is 159 Å². The lowest BCUT2D eigenvalue weighted by Crippen LogP contribution is -2.46. The minimum atomic E-state index is 0.0550. The molecule has 1 amide bonds. The summed E-state index contributed by atoms with van der Waals surface area (Å²) >= 11 is 0. The van der Waals surface area contributed by atoms with Crippen molar-refractivity contribution in [3.05, 3.63) is 83.9 Å². The molecule has 4 rings (SSSR count). The fraction of sp³-hybridized carbons (Fsp3) is 0.273. The highest BCUT2D eigenvalue weighted by Gasteiger charge is 2.25. The highest BCUT2D eigenvalue weighted by atomic mass is 16.2. The summed E-state index contributed by atoms with van der Waals surface area (Å²) in [5.41, 5.74) is 4.49. The van der Waals surface area contributed by atoms with Crippen molar-refractivity contribution in [3.63, 3.8) is 0 Å². The highest BCUT2D eigenvalue weighted by molar-refractivity contribution is 5.94. The van der Waals surface area contributed by atoms with Crippen LogP contribution in [0, 0.1) is 0 Å². The molecule has 0 N–H and O–H groups in total. The Balaban J connectivity index is 1.43. The van der Waals surface area contributed by atoms with E-state index in [1.807, 2.05) is 47.0 Å². The van der Waals surface area contributed by atoms with Crippen molar-refractivity contribution < 1.29 is 4.79 Å². The first-order chi connectivity index (χ1) is 13.1. The molecule has 0 radical (unpaired) electrons. The number of likely N-dealkylation sites (N-methyl/N-ethyl adjacent to an activating group) is 2. The van der Waals surface area contributed by atoms with E-state index in [0.717, 1.165) is 18.7 Å². The van der Waals surface area contributed by atoms with Gasteiger partial charge < -0.3 is 9.47 Å². The predicted molar refractivity (Wildman–Crippen MR) is 106 cm³/mol. The molecular formula is C22H24N4O. The molecule has 138 valence electrons. The monoisotopic (exact) mass is 360 g/mol. The molecule has 3 aromatic rings. The van der Waals surface area contributed by atoms with Gasteiger partial charge in [-0.15, -0.1) is 0 Å². The summed E-state index contributed by atoms with van der Waals surface area (Å²) in [6, 6.07) is 16.6. The number of aromatic nitrogens is 2. The number of benzene rings is 2. The molecule has 1 aromatic heterocycles. The van der Waals surface area contributed by atoms with Gasteiger partial charge in [-0.3, -0.25) is 9.69 Å². The molecule has 5 nitrogen and oxygen atoms in total. The Morgan fingerprint density at radius 3 is 2.59 bits per heavy atom. The lowest BCUT2D eigenvalue weighted by molar-refractivity contribution is 0.0733. The fourth-order valence-electron chi connectivity index (χ4n) is 3.73. The molecule has 2 aromatic carbocycles. The lowest BCUT2D eigenvalue weighted by atomic mass is 9.94. The van der Waals surface area contributed by atoms with Crippen LogP contribution in [0.3, 0.4) is 0 Å².